The van der Waals surface area contributed by atoms with Gasteiger partial charge in [-0.25, -0.2) is 0 Å². The van der Waals surface area contributed by atoms with Gasteiger partial charge in [0.2, 0.25) is 0 Å². The fraction of sp³-hybridized carbons (Fsp3) is 0.294. The van der Waals surface area contributed by atoms with E-state index in [9.17, 15) is 0 Å². The number of hydrogen-bond donors (Lipinski definition) is 0. The van der Waals surface area contributed by atoms with E-state index in [1.54, 1.807) is 0 Å². The zero-order chi connectivity index (χ0) is 14.5. The molecular weight excluding hydrogens is 323 g/mol. The zero-order valence-corrected chi connectivity index (χ0v) is 14.3. The van der Waals surface area contributed by atoms with Crippen molar-refractivity contribution >= 4 is 16.1 Å². The van der Waals surface area contributed by atoms with Gasteiger partial charge in [0.05, 0.1) is 0 Å². The van der Waals surface area contributed by atoms with Gasteiger partial charge < -0.3 is 0 Å². The number of rotatable bonds is 2. The second-order valence-electron chi connectivity index (χ2n) is 5.33. The average molecular weight is 342 g/mol. The Morgan fingerprint density at radius 3 is 2.10 bits per heavy atom. The monoisotopic (exact) mass is 343 g/mol. The van der Waals surface area contributed by atoms with Crippen LogP contribution >= 0.6 is 0 Å². The van der Waals surface area contributed by atoms with Crippen molar-refractivity contribution in [2.45, 2.75) is 5.60 Å². The summed E-state index contributed by atoms with van der Waals surface area (Å²) in [4.78, 5) is 2.28. The van der Waals surface area contributed by atoms with Crippen LogP contribution in [0.15, 0.2) is 60.7 Å². The third-order valence-corrected chi connectivity index (χ3v) is 5.40. The Kier molecular flexibility index (Phi) is 4.75. The molecule has 2 aromatic carbocycles. The second kappa shape index (κ2) is 6.75. The summed E-state index contributed by atoms with van der Waals surface area (Å²) in [6.07, 6.45) is 0. The van der Waals surface area contributed by atoms with Crippen LogP contribution < -0.4 is 0 Å². The molecule has 21 heavy (non-hydrogen) atoms. The van der Waals surface area contributed by atoms with Gasteiger partial charge in [0, 0.05) is 0 Å². The molecule has 4 heteroatoms. The van der Waals surface area contributed by atoms with Gasteiger partial charge in [0.25, 0.3) is 0 Å². The van der Waals surface area contributed by atoms with Gasteiger partial charge in [0.1, 0.15) is 0 Å². The van der Waals surface area contributed by atoms with E-state index in [0.29, 0.717) is 0 Å². The van der Waals surface area contributed by atoms with Crippen LogP contribution in [-0.4, -0.2) is 47.7 Å². The SMILES string of the molecule is CN1CC[O][Ge][O]C(c2ccccc2)(c2ccccc2)C1. The molecule has 1 saturated heterocycles. The Hall–Kier alpha value is -1.14. The number of likely N-dealkylation sites (N-methyl/N-ethyl adjacent to an activating group) is 1. The minimum absolute atomic E-state index is 0.433. The first-order valence-corrected chi connectivity index (χ1v) is 8.87. The van der Waals surface area contributed by atoms with E-state index in [2.05, 4.69) is 60.5 Å². The van der Waals surface area contributed by atoms with E-state index in [1.807, 2.05) is 12.1 Å². The van der Waals surface area contributed by atoms with Crippen LogP contribution in [0.2, 0.25) is 0 Å². The van der Waals surface area contributed by atoms with Crippen molar-refractivity contribution in [3.05, 3.63) is 71.8 Å². The summed E-state index contributed by atoms with van der Waals surface area (Å²) in [5.74, 6) is 0. The first-order valence-electron chi connectivity index (χ1n) is 7.16. The predicted molar refractivity (Wildman–Crippen MR) is 84.0 cm³/mol. The summed E-state index contributed by atoms with van der Waals surface area (Å²) in [6.45, 7) is 2.54. The van der Waals surface area contributed by atoms with E-state index in [0.717, 1.165) is 19.7 Å². The molecule has 2 radical (unpaired) electrons. The topological polar surface area (TPSA) is 21.7 Å². The van der Waals surface area contributed by atoms with Gasteiger partial charge in [-0.2, -0.15) is 0 Å². The summed E-state index contributed by atoms with van der Waals surface area (Å²) in [6, 6.07) is 21.0. The summed E-state index contributed by atoms with van der Waals surface area (Å²) in [7, 11) is 2.12. The van der Waals surface area contributed by atoms with Crippen molar-refractivity contribution in [3.63, 3.8) is 0 Å². The molecule has 3 rings (SSSR count). The van der Waals surface area contributed by atoms with E-state index in [-0.39, 0.29) is 0 Å². The summed E-state index contributed by atoms with van der Waals surface area (Å²) in [5, 5.41) is 0. The van der Waals surface area contributed by atoms with E-state index in [4.69, 9.17) is 7.53 Å². The molecule has 1 fully saturated rings. The Morgan fingerprint density at radius 1 is 0.952 bits per heavy atom. The molecular formula is C17H19GeNO2. The Labute approximate surface area is 133 Å². The van der Waals surface area contributed by atoms with Gasteiger partial charge in [-0.05, 0) is 0 Å². The van der Waals surface area contributed by atoms with E-state index in [1.165, 1.54) is 11.1 Å². The Morgan fingerprint density at radius 2 is 1.52 bits per heavy atom. The first-order chi connectivity index (χ1) is 10.3. The molecule has 0 bridgehead atoms. The molecule has 0 aromatic heterocycles. The number of hydrogen-bond acceptors (Lipinski definition) is 3. The molecule has 108 valence electrons. The summed E-state index contributed by atoms with van der Waals surface area (Å²) < 4.78 is 12.1. The van der Waals surface area contributed by atoms with Gasteiger partial charge >= 0.3 is 133 Å². The first kappa shape index (κ1) is 14.8. The normalized spacial score (nSPS) is 19.7. The quantitative estimate of drug-likeness (QED) is 0.783. The minimum atomic E-state index is -0.859. The van der Waals surface area contributed by atoms with E-state index < -0.39 is 21.7 Å². The maximum atomic E-state index is 6.37. The van der Waals surface area contributed by atoms with Crippen molar-refractivity contribution in [1.82, 2.24) is 4.90 Å². The molecule has 0 unspecified atom stereocenters. The van der Waals surface area contributed by atoms with Crippen LogP contribution in [0, 0.1) is 0 Å². The maximum absolute atomic E-state index is 6.37. The fourth-order valence-electron chi connectivity index (χ4n) is 2.72. The van der Waals surface area contributed by atoms with Crippen molar-refractivity contribution in [3.8, 4) is 0 Å². The van der Waals surface area contributed by atoms with Crippen LogP contribution in [0.1, 0.15) is 11.1 Å². The molecule has 1 aliphatic heterocycles. The van der Waals surface area contributed by atoms with Crippen molar-refractivity contribution < 1.29 is 7.53 Å². The number of nitrogens with zero attached hydrogens (tertiary/aromatic N) is 1. The average Bonchev–Trinajstić information content (AvgIpc) is 2.53. The summed E-state index contributed by atoms with van der Waals surface area (Å²) in [5.41, 5.74) is 1.95. The molecule has 1 heterocycles. The molecule has 2 aromatic rings. The molecule has 0 spiro atoms. The van der Waals surface area contributed by atoms with Crippen LogP contribution in [0.4, 0.5) is 0 Å². The van der Waals surface area contributed by atoms with Crippen LogP contribution in [0.5, 0.6) is 0 Å². The third kappa shape index (κ3) is 3.21. The predicted octanol–water partition coefficient (Wildman–Crippen LogP) is 2.44. The van der Waals surface area contributed by atoms with Crippen LogP contribution in [0.3, 0.4) is 0 Å². The molecule has 1 aliphatic rings. The molecule has 0 amide bonds. The standard InChI is InChI=1S/C17H19GeNO2/c1-19-12-13-20-18-21-17(14-19,15-8-4-2-5-9-15)16-10-6-3-7-11-16/h2-11H,12-14H2,1H3. The van der Waals surface area contributed by atoms with Crippen LogP contribution in [0.25, 0.3) is 0 Å². The van der Waals surface area contributed by atoms with Gasteiger partial charge in [-0.3, -0.25) is 0 Å². The summed E-state index contributed by atoms with van der Waals surface area (Å²) >= 11 is -0.859. The Balaban J connectivity index is 2.09. The number of benzene rings is 2. The van der Waals surface area contributed by atoms with Gasteiger partial charge in [-0.15, -0.1) is 0 Å². The third-order valence-electron chi connectivity index (χ3n) is 3.82. The fourth-order valence-corrected chi connectivity index (χ4v) is 4.14. The molecule has 3 nitrogen and oxygen atoms in total. The molecule has 0 saturated carbocycles. The molecule has 0 aliphatic carbocycles. The van der Waals surface area contributed by atoms with E-state index >= 15 is 0 Å². The van der Waals surface area contributed by atoms with Crippen molar-refractivity contribution in [2.24, 2.45) is 0 Å². The second-order valence-corrected chi connectivity index (χ2v) is 6.71. The van der Waals surface area contributed by atoms with Crippen molar-refractivity contribution in [1.29, 1.82) is 0 Å². The van der Waals surface area contributed by atoms with Gasteiger partial charge in [-0.1, -0.05) is 0 Å². The van der Waals surface area contributed by atoms with Crippen LogP contribution in [-0.2, 0) is 13.1 Å². The Bertz CT molecular complexity index is 522. The molecule has 0 N–H and O–H groups in total. The zero-order valence-electron chi connectivity index (χ0n) is 12.2. The van der Waals surface area contributed by atoms with Crippen molar-refractivity contribution in [2.75, 3.05) is 26.7 Å². The van der Waals surface area contributed by atoms with Gasteiger partial charge in [0.15, 0.2) is 0 Å². The molecule has 0 atom stereocenters.